The Kier molecular flexibility index (Phi) is 4.50. The third-order valence-electron chi connectivity index (χ3n) is 2.99. The maximum atomic E-state index is 13.6. The molecule has 0 aliphatic carbocycles. The van der Waals surface area contributed by atoms with Gasteiger partial charge in [0, 0.05) is 21.9 Å². The van der Waals surface area contributed by atoms with Gasteiger partial charge in [-0.3, -0.25) is 0 Å². The van der Waals surface area contributed by atoms with Gasteiger partial charge in [0.15, 0.2) is 0 Å². The number of hydrogen-bond donors (Lipinski definition) is 1. The Morgan fingerprint density at radius 2 is 2.00 bits per heavy atom. The Bertz CT molecular complexity index is 536. The maximum Gasteiger partial charge on any atom is 0.129 e. The van der Waals surface area contributed by atoms with Gasteiger partial charge in [0.1, 0.15) is 17.4 Å². The molecule has 2 rings (SSSR count). The summed E-state index contributed by atoms with van der Waals surface area (Å²) in [6.45, 7) is 0. The molecule has 1 heterocycles. The summed E-state index contributed by atoms with van der Waals surface area (Å²) in [5.74, 6) is -0.262. The van der Waals surface area contributed by atoms with Crippen molar-refractivity contribution in [1.82, 2.24) is 5.32 Å². The minimum absolute atomic E-state index is 0.106. The van der Waals surface area contributed by atoms with Crippen molar-refractivity contribution in [3.8, 4) is 5.75 Å². The van der Waals surface area contributed by atoms with Gasteiger partial charge in [-0.15, -0.1) is 11.3 Å². The van der Waals surface area contributed by atoms with Crippen LogP contribution in [0.25, 0.3) is 0 Å². The van der Waals surface area contributed by atoms with Crippen molar-refractivity contribution >= 4 is 11.3 Å². The van der Waals surface area contributed by atoms with Crippen molar-refractivity contribution in [2.75, 3.05) is 14.2 Å². The third-order valence-corrected chi connectivity index (χ3v) is 4.02. The van der Waals surface area contributed by atoms with E-state index in [-0.39, 0.29) is 18.0 Å². The van der Waals surface area contributed by atoms with Crippen LogP contribution in [0.4, 0.5) is 8.78 Å². The molecule has 1 aromatic heterocycles. The van der Waals surface area contributed by atoms with Crippen molar-refractivity contribution in [3.63, 3.8) is 0 Å². The predicted octanol–water partition coefficient (Wildman–Crippen LogP) is 3.54. The number of likely N-dealkylation sites (N-methyl/N-ethyl adjacent to an activating group) is 1. The summed E-state index contributed by atoms with van der Waals surface area (Å²) < 4.78 is 32.4. The van der Waals surface area contributed by atoms with Crippen LogP contribution in [-0.4, -0.2) is 14.2 Å². The summed E-state index contributed by atoms with van der Waals surface area (Å²) in [4.78, 5) is 0.988. The lowest BCUT2D eigenvalue weighted by atomic mass is 10.0. The van der Waals surface area contributed by atoms with Gasteiger partial charge in [-0.05, 0) is 31.7 Å². The van der Waals surface area contributed by atoms with Gasteiger partial charge < -0.3 is 10.1 Å². The molecule has 0 amide bonds. The van der Waals surface area contributed by atoms with Gasteiger partial charge in [-0.2, -0.15) is 0 Å². The van der Waals surface area contributed by atoms with Crippen molar-refractivity contribution in [1.29, 1.82) is 0 Å². The number of thiophene rings is 1. The number of halogens is 2. The SMILES string of the molecule is CNC(Cc1c(F)cccc1F)c1cc(OC)cs1. The number of methoxy groups -OCH3 is 1. The summed E-state index contributed by atoms with van der Waals surface area (Å²) in [7, 11) is 3.37. The lowest BCUT2D eigenvalue weighted by Crippen LogP contribution is -2.19. The minimum Gasteiger partial charge on any atom is -0.496 e. The largest absolute Gasteiger partial charge is 0.496 e. The molecule has 1 N–H and O–H groups in total. The number of hydrogen-bond acceptors (Lipinski definition) is 3. The standard InChI is InChI=1S/C14H15F2NOS/c1-17-13(14-6-9(18-2)8-19-14)7-10-11(15)4-3-5-12(10)16/h3-6,8,13,17H,7H2,1-2H3. The Hall–Kier alpha value is -1.46. The van der Waals surface area contributed by atoms with E-state index in [1.807, 2.05) is 11.4 Å². The average molecular weight is 283 g/mol. The van der Waals surface area contributed by atoms with Crippen LogP contribution in [0, 0.1) is 11.6 Å². The molecule has 0 saturated heterocycles. The van der Waals surface area contributed by atoms with Crippen LogP contribution in [0.2, 0.25) is 0 Å². The number of nitrogens with one attached hydrogen (secondary N) is 1. The fraction of sp³-hybridized carbons (Fsp3) is 0.286. The second-order valence-corrected chi connectivity index (χ2v) is 5.08. The second kappa shape index (κ2) is 6.12. The lowest BCUT2D eigenvalue weighted by molar-refractivity contribution is 0.416. The smallest absolute Gasteiger partial charge is 0.129 e. The summed E-state index contributed by atoms with van der Waals surface area (Å²) in [6, 6.07) is 5.67. The zero-order valence-electron chi connectivity index (χ0n) is 10.7. The highest BCUT2D eigenvalue weighted by Gasteiger charge is 2.17. The van der Waals surface area contributed by atoms with E-state index in [1.54, 1.807) is 14.2 Å². The van der Waals surface area contributed by atoms with Crippen LogP contribution in [0.1, 0.15) is 16.5 Å². The third kappa shape index (κ3) is 3.11. The molecule has 0 aliphatic rings. The number of benzene rings is 1. The van der Waals surface area contributed by atoms with E-state index in [2.05, 4.69) is 5.32 Å². The highest BCUT2D eigenvalue weighted by molar-refractivity contribution is 7.10. The first-order valence-corrected chi connectivity index (χ1v) is 6.76. The molecule has 1 aromatic carbocycles. The predicted molar refractivity (Wildman–Crippen MR) is 72.7 cm³/mol. The Labute approximate surface area is 115 Å². The van der Waals surface area contributed by atoms with E-state index in [9.17, 15) is 8.78 Å². The van der Waals surface area contributed by atoms with E-state index in [0.29, 0.717) is 0 Å². The normalized spacial score (nSPS) is 12.4. The molecule has 0 spiro atoms. The zero-order chi connectivity index (χ0) is 13.8. The molecule has 1 unspecified atom stereocenters. The monoisotopic (exact) mass is 283 g/mol. The second-order valence-electron chi connectivity index (χ2n) is 4.13. The van der Waals surface area contributed by atoms with Gasteiger partial charge in [0.25, 0.3) is 0 Å². The molecule has 0 fully saturated rings. The van der Waals surface area contributed by atoms with Crippen molar-refractivity contribution in [3.05, 3.63) is 51.7 Å². The molecule has 1 atom stereocenters. The molecule has 0 radical (unpaired) electrons. The molecule has 0 bridgehead atoms. The Morgan fingerprint density at radius 3 is 2.53 bits per heavy atom. The van der Waals surface area contributed by atoms with Crippen LogP contribution in [0.3, 0.4) is 0 Å². The van der Waals surface area contributed by atoms with Crippen molar-refractivity contribution in [2.45, 2.75) is 12.5 Å². The number of rotatable bonds is 5. The average Bonchev–Trinajstić information content (AvgIpc) is 2.87. The molecule has 0 aliphatic heterocycles. The summed E-state index contributed by atoms with van der Waals surface area (Å²) >= 11 is 1.51. The fourth-order valence-electron chi connectivity index (χ4n) is 1.90. The van der Waals surface area contributed by atoms with E-state index in [1.165, 1.54) is 29.5 Å². The Balaban J connectivity index is 2.24. The van der Waals surface area contributed by atoms with Gasteiger partial charge in [-0.1, -0.05) is 6.07 Å². The molecular weight excluding hydrogens is 268 g/mol. The van der Waals surface area contributed by atoms with Crippen LogP contribution in [-0.2, 0) is 6.42 Å². The molecule has 2 nitrogen and oxygen atoms in total. The van der Waals surface area contributed by atoms with E-state index in [0.717, 1.165) is 10.6 Å². The molecule has 19 heavy (non-hydrogen) atoms. The summed E-state index contributed by atoms with van der Waals surface area (Å²) in [6.07, 6.45) is 0.263. The molecular formula is C14H15F2NOS. The molecule has 5 heteroatoms. The van der Waals surface area contributed by atoms with Crippen LogP contribution >= 0.6 is 11.3 Å². The molecule has 0 saturated carbocycles. The van der Waals surface area contributed by atoms with Crippen molar-refractivity contribution < 1.29 is 13.5 Å². The first-order chi connectivity index (χ1) is 9.15. The highest BCUT2D eigenvalue weighted by Crippen LogP contribution is 2.29. The van der Waals surface area contributed by atoms with E-state index >= 15 is 0 Å². The van der Waals surface area contributed by atoms with Gasteiger partial charge in [0.05, 0.1) is 7.11 Å². The van der Waals surface area contributed by atoms with Crippen LogP contribution in [0.5, 0.6) is 5.75 Å². The highest BCUT2D eigenvalue weighted by atomic mass is 32.1. The zero-order valence-corrected chi connectivity index (χ0v) is 11.6. The minimum atomic E-state index is -0.510. The number of ether oxygens (including phenoxy) is 1. The van der Waals surface area contributed by atoms with Gasteiger partial charge >= 0.3 is 0 Å². The quantitative estimate of drug-likeness (QED) is 0.906. The molecule has 2 aromatic rings. The van der Waals surface area contributed by atoms with Gasteiger partial charge in [-0.25, -0.2) is 8.78 Å². The van der Waals surface area contributed by atoms with Crippen LogP contribution < -0.4 is 10.1 Å². The van der Waals surface area contributed by atoms with Gasteiger partial charge in [0.2, 0.25) is 0 Å². The topological polar surface area (TPSA) is 21.3 Å². The summed E-state index contributed by atoms with van der Waals surface area (Å²) in [5, 5.41) is 4.95. The van der Waals surface area contributed by atoms with E-state index < -0.39 is 11.6 Å². The lowest BCUT2D eigenvalue weighted by Gasteiger charge is -2.15. The van der Waals surface area contributed by atoms with Crippen LogP contribution in [0.15, 0.2) is 29.6 Å². The van der Waals surface area contributed by atoms with Crippen molar-refractivity contribution in [2.24, 2.45) is 0 Å². The Morgan fingerprint density at radius 1 is 1.32 bits per heavy atom. The molecule has 102 valence electrons. The summed E-state index contributed by atoms with van der Waals surface area (Å²) in [5.41, 5.74) is 0.106. The first-order valence-electron chi connectivity index (χ1n) is 5.88. The maximum absolute atomic E-state index is 13.6. The fourth-order valence-corrected chi connectivity index (χ4v) is 2.87. The van der Waals surface area contributed by atoms with E-state index in [4.69, 9.17) is 4.74 Å². The first kappa shape index (κ1) is 14.0.